The summed E-state index contributed by atoms with van der Waals surface area (Å²) >= 11 is 0. The molecule has 0 radical (unpaired) electrons. The summed E-state index contributed by atoms with van der Waals surface area (Å²) in [4.78, 5) is 17.4. The molecule has 1 fully saturated rings. The van der Waals surface area contributed by atoms with Crippen molar-refractivity contribution in [3.05, 3.63) is 29.8 Å². The van der Waals surface area contributed by atoms with Gasteiger partial charge in [0.2, 0.25) is 0 Å². The van der Waals surface area contributed by atoms with E-state index in [1.165, 1.54) is 0 Å². The summed E-state index contributed by atoms with van der Waals surface area (Å²) < 4.78 is 10.9. The second-order valence-electron chi connectivity index (χ2n) is 8.90. The zero-order chi connectivity index (χ0) is 22.9. The summed E-state index contributed by atoms with van der Waals surface area (Å²) in [6, 6.07) is 8.09. The number of benzene rings is 1. The second kappa shape index (κ2) is 12.4. The van der Waals surface area contributed by atoms with Crippen LogP contribution in [0.3, 0.4) is 0 Å². The maximum Gasteiger partial charge on any atom is 0.322 e. The molecule has 1 aromatic rings. The fourth-order valence-corrected chi connectivity index (χ4v) is 4.07. The van der Waals surface area contributed by atoms with E-state index in [4.69, 9.17) is 9.47 Å². The number of β-amino-alcohol motifs (C(OH)–C–C–N with tert-alkyl or cyclic N) is 1. The minimum absolute atomic E-state index is 0.0670. The van der Waals surface area contributed by atoms with Crippen molar-refractivity contribution in [2.24, 2.45) is 0 Å². The molecule has 31 heavy (non-hydrogen) atoms. The predicted molar refractivity (Wildman–Crippen MR) is 124 cm³/mol. The maximum absolute atomic E-state index is 13.1. The Balaban J connectivity index is 1.98. The molecule has 2 atom stereocenters. The van der Waals surface area contributed by atoms with Crippen molar-refractivity contribution in [2.45, 2.75) is 71.8 Å². The van der Waals surface area contributed by atoms with Gasteiger partial charge in [-0.05, 0) is 51.3 Å². The quantitative estimate of drug-likeness (QED) is 0.518. The Morgan fingerprint density at radius 2 is 1.84 bits per heavy atom. The standard InChI is InChI=1S/C24H41N3O4/c1-6-21-16-27(22(7-2)15-26(21)18-24(4,5)29)23(28)25-20-11-9-10-19(14-20)17-31-13-12-30-8-3/h9-11,14,21-22,29H,6-8,12-13,15-18H2,1-5H3,(H,25,28)/t21-,22-/m0/s1. The molecule has 1 saturated heterocycles. The highest BCUT2D eigenvalue weighted by atomic mass is 16.5. The van der Waals surface area contributed by atoms with Gasteiger partial charge in [0.25, 0.3) is 0 Å². The van der Waals surface area contributed by atoms with Crippen LogP contribution >= 0.6 is 0 Å². The first-order chi connectivity index (χ1) is 14.8. The summed E-state index contributed by atoms with van der Waals surface area (Å²) in [7, 11) is 0. The van der Waals surface area contributed by atoms with Crippen LogP contribution in [0, 0.1) is 0 Å². The molecular formula is C24H41N3O4. The lowest BCUT2D eigenvalue weighted by Gasteiger charge is -2.47. The van der Waals surface area contributed by atoms with Crippen LogP contribution in [0.4, 0.5) is 10.5 Å². The van der Waals surface area contributed by atoms with Gasteiger partial charge < -0.3 is 24.8 Å². The van der Waals surface area contributed by atoms with Gasteiger partial charge in [0.15, 0.2) is 0 Å². The Morgan fingerprint density at radius 3 is 2.48 bits per heavy atom. The number of urea groups is 1. The Bertz CT molecular complexity index is 677. The van der Waals surface area contributed by atoms with E-state index < -0.39 is 5.60 Å². The Hall–Kier alpha value is -1.67. The van der Waals surface area contributed by atoms with Crippen LogP contribution in [0.25, 0.3) is 0 Å². The van der Waals surface area contributed by atoms with E-state index in [-0.39, 0.29) is 18.1 Å². The normalized spacial score (nSPS) is 20.1. The topological polar surface area (TPSA) is 74.3 Å². The molecule has 2 rings (SSSR count). The van der Waals surface area contributed by atoms with Crippen molar-refractivity contribution in [1.29, 1.82) is 0 Å². The van der Waals surface area contributed by atoms with Crippen molar-refractivity contribution >= 4 is 11.7 Å². The van der Waals surface area contributed by atoms with E-state index in [1.54, 1.807) is 0 Å². The molecule has 2 amide bonds. The fourth-order valence-electron chi connectivity index (χ4n) is 4.07. The van der Waals surface area contributed by atoms with Crippen molar-refractivity contribution in [2.75, 3.05) is 44.8 Å². The van der Waals surface area contributed by atoms with Gasteiger partial charge in [-0.2, -0.15) is 0 Å². The van der Waals surface area contributed by atoms with Gasteiger partial charge in [-0.25, -0.2) is 4.79 Å². The average Bonchev–Trinajstić information content (AvgIpc) is 2.72. The molecule has 7 heteroatoms. The summed E-state index contributed by atoms with van der Waals surface area (Å²) in [6.45, 7) is 14.3. The highest BCUT2D eigenvalue weighted by Crippen LogP contribution is 2.23. The van der Waals surface area contributed by atoms with Gasteiger partial charge in [0.05, 0.1) is 25.4 Å². The van der Waals surface area contributed by atoms with Gasteiger partial charge in [-0.1, -0.05) is 26.0 Å². The number of hydrogen-bond donors (Lipinski definition) is 2. The molecule has 0 aliphatic carbocycles. The molecule has 1 aliphatic rings. The molecule has 2 N–H and O–H groups in total. The van der Waals surface area contributed by atoms with Crippen molar-refractivity contribution in [3.8, 4) is 0 Å². The summed E-state index contributed by atoms with van der Waals surface area (Å²) in [5.41, 5.74) is 1.04. The van der Waals surface area contributed by atoms with Crippen LogP contribution < -0.4 is 5.32 Å². The first-order valence-electron chi connectivity index (χ1n) is 11.6. The zero-order valence-electron chi connectivity index (χ0n) is 19.9. The lowest BCUT2D eigenvalue weighted by atomic mass is 10.00. The number of nitrogens with one attached hydrogen (secondary N) is 1. The lowest BCUT2D eigenvalue weighted by Crippen LogP contribution is -2.62. The molecule has 1 aromatic carbocycles. The summed E-state index contributed by atoms with van der Waals surface area (Å²) in [6.07, 6.45) is 1.81. The third-order valence-corrected chi connectivity index (χ3v) is 5.63. The molecule has 0 saturated carbocycles. The first kappa shape index (κ1) is 25.6. The highest BCUT2D eigenvalue weighted by molar-refractivity contribution is 5.89. The van der Waals surface area contributed by atoms with Gasteiger partial charge in [0, 0.05) is 44.0 Å². The Kier molecular flexibility index (Phi) is 10.2. The SMILES string of the molecule is CCOCCOCc1cccc(NC(=O)N2C[C@H](CC)N(CC(C)(C)O)C[C@@H]2CC)c1. The predicted octanol–water partition coefficient (Wildman–Crippen LogP) is 3.72. The van der Waals surface area contributed by atoms with Crippen LogP contribution in [-0.4, -0.2) is 78.1 Å². The van der Waals surface area contributed by atoms with Gasteiger partial charge in [-0.3, -0.25) is 4.90 Å². The fraction of sp³-hybridized carbons (Fsp3) is 0.708. The van der Waals surface area contributed by atoms with E-state index in [0.717, 1.165) is 30.6 Å². The number of piperazine rings is 1. The Labute approximate surface area is 187 Å². The molecule has 1 heterocycles. The number of hydrogen-bond acceptors (Lipinski definition) is 5. The van der Waals surface area contributed by atoms with Crippen LogP contribution in [0.15, 0.2) is 24.3 Å². The molecule has 176 valence electrons. The Morgan fingerprint density at radius 1 is 1.13 bits per heavy atom. The third-order valence-electron chi connectivity index (χ3n) is 5.63. The molecule has 0 aromatic heterocycles. The first-order valence-corrected chi connectivity index (χ1v) is 11.6. The second-order valence-corrected chi connectivity index (χ2v) is 8.90. The molecule has 0 bridgehead atoms. The van der Waals surface area contributed by atoms with E-state index in [1.807, 2.05) is 49.9 Å². The zero-order valence-corrected chi connectivity index (χ0v) is 19.9. The van der Waals surface area contributed by atoms with E-state index in [2.05, 4.69) is 24.1 Å². The summed E-state index contributed by atoms with van der Waals surface area (Å²) in [5, 5.41) is 13.4. The molecule has 7 nitrogen and oxygen atoms in total. The third kappa shape index (κ3) is 8.41. The smallest absolute Gasteiger partial charge is 0.322 e. The minimum Gasteiger partial charge on any atom is -0.389 e. The van der Waals surface area contributed by atoms with Crippen LogP contribution in [0.5, 0.6) is 0 Å². The monoisotopic (exact) mass is 435 g/mol. The number of nitrogens with zero attached hydrogens (tertiary/aromatic N) is 2. The van der Waals surface area contributed by atoms with Crippen LogP contribution in [0.2, 0.25) is 0 Å². The van der Waals surface area contributed by atoms with Crippen LogP contribution in [-0.2, 0) is 16.1 Å². The lowest BCUT2D eigenvalue weighted by molar-refractivity contribution is -0.0173. The average molecular weight is 436 g/mol. The van der Waals surface area contributed by atoms with Gasteiger partial charge in [0.1, 0.15) is 0 Å². The molecular weight excluding hydrogens is 394 g/mol. The van der Waals surface area contributed by atoms with Crippen molar-refractivity contribution in [3.63, 3.8) is 0 Å². The molecule has 1 aliphatic heterocycles. The number of carbonyl (C=O) groups excluding carboxylic acids is 1. The highest BCUT2D eigenvalue weighted by Gasteiger charge is 2.36. The van der Waals surface area contributed by atoms with Gasteiger partial charge in [-0.15, -0.1) is 0 Å². The number of carbonyl (C=O) groups is 1. The van der Waals surface area contributed by atoms with Crippen molar-refractivity contribution < 1.29 is 19.4 Å². The number of amides is 2. The number of ether oxygens (including phenoxy) is 2. The van der Waals surface area contributed by atoms with Crippen LogP contribution in [0.1, 0.15) is 53.0 Å². The molecule has 0 spiro atoms. The number of anilines is 1. The van der Waals surface area contributed by atoms with E-state index in [0.29, 0.717) is 39.5 Å². The minimum atomic E-state index is -0.749. The van der Waals surface area contributed by atoms with E-state index in [9.17, 15) is 9.90 Å². The molecule has 0 unspecified atom stereocenters. The summed E-state index contributed by atoms with van der Waals surface area (Å²) in [5.74, 6) is 0. The maximum atomic E-state index is 13.1. The van der Waals surface area contributed by atoms with Crippen molar-refractivity contribution in [1.82, 2.24) is 9.80 Å². The van der Waals surface area contributed by atoms with Gasteiger partial charge >= 0.3 is 6.03 Å². The number of aliphatic hydroxyl groups is 1. The number of rotatable bonds is 11. The van der Waals surface area contributed by atoms with E-state index >= 15 is 0 Å². The largest absolute Gasteiger partial charge is 0.389 e.